The van der Waals surface area contributed by atoms with E-state index in [-0.39, 0.29) is 23.4 Å². The highest BCUT2D eigenvalue weighted by Crippen LogP contribution is 2.34. The average Bonchev–Trinajstić information content (AvgIpc) is 2.56. The van der Waals surface area contributed by atoms with Crippen molar-refractivity contribution in [3.05, 3.63) is 44.8 Å². The Labute approximate surface area is 159 Å². The summed E-state index contributed by atoms with van der Waals surface area (Å²) < 4.78 is 5.17. The Morgan fingerprint density at radius 2 is 1.74 bits per heavy atom. The summed E-state index contributed by atoms with van der Waals surface area (Å²) in [4.78, 5) is 19.9. The van der Waals surface area contributed by atoms with Crippen molar-refractivity contribution in [1.29, 1.82) is 0 Å². The van der Waals surface area contributed by atoms with Crippen LogP contribution in [0, 0.1) is 37.8 Å². The number of hydrogen-bond acceptors (Lipinski definition) is 7. The number of hydrogen-bond donors (Lipinski definition) is 2. The molecule has 8 nitrogen and oxygen atoms in total. The lowest BCUT2D eigenvalue weighted by Crippen LogP contribution is -2.25. The van der Waals surface area contributed by atoms with Crippen LogP contribution in [0.4, 0.5) is 23.0 Å². The van der Waals surface area contributed by atoms with Crippen molar-refractivity contribution in [2.24, 2.45) is 0 Å². The lowest BCUT2D eigenvalue weighted by molar-refractivity contribution is -0.383. The van der Waals surface area contributed by atoms with Crippen LogP contribution in [0.2, 0.25) is 0 Å². The van der Waals surface area contributed by atoms with Crippen LogP contribution in [0.25, 0.3) is 0 Å². The van der Waals surface area contributed by atoms with Crippen molar-refractivity contribution in [3.8, 4) is 0 Å². The van der Waals surface area contributed by atoms with E-state index >= 15 is 0 Å². The highest BCUT2D eigenvalue weighted by molar-refractivity contribution is 5.76. The van der Waals surface area contributed by atoms with E-state index in [4.69, 9.17) is 4.74 Å². The number of nitro groups is 1. The summed E-state index contributed by atoms with van der Waals surface area (Å²) in [6.45, 7) is 10.1. The van der Waals surface area contributed by atoms with E-state index in [1.165, 1.54) is 0 Å². The third kappa shape index (κ3) is 4.91. The molecule has 1 unspecified atom stereocenters. The summed E-state index contributed by atoms with van der Waals surface area (Å²) in [5.41, 5.74) is 3.78. The van der Waals surface area contributed by atoms with Gasteiger partial charge in [-0.15, -0.1) is 0 Å². The minimum Gasteiger partial charge on any atom is -0.383 e. The number of aryl methyl sites for hydroxylation is 4. The van der Waals surface area contributed by atoms with E-state index in [1.54, 1.807) is 14.0 Å². The number of anilines is 3. The van der Waals surface area contributed by atoms with Gasteiger partial charge in [-0.05, 0) is 45.2 Å². The zero-order valence-corrected chi connectivity index (χ0v) is 16.7. The maximum absolute atomic E-state index is 11.8. The molecule has 1 aromatic carbocycles. The largest absolute Gasteiger partial charge is 0.383 e. The van der Waals surface area contributed by atoms with E-state index in [1.807, 2.05) is 39.8 Å². The van der Waals surface area contributed by atoms with E-state index in [0.717, 1.165) is 28.8 Å². The predicted octanol–water partition coefficient (Wildman–Crippen LogP) is 4.20. The Balaban J connectivity index is 2.52. The first-order chi connectivity index (χ1) is 12.8. The molecule has 27 heavy (non-hydrogen) atoms. The van der Waals surface area contributed by atoms with Crippen molar-refractivity contribution in [2.45, 2.75) is 47.1 Å². The molecule has 1 heterocycles. The normalized spacial score (nSPS) is 11.9. The second-order valence-electron chi connectivity index (χ2n) is 6.68. The molecule has 0 radical (unpaired) electrons. The number of nitrogens with zero attached hydrogens (tertiary/aromatic N) is 3. The van der Waals surface area contributed by atoms with Crippen LogP contribution in [0.3, 0.4) is 0 Å². The van der Waals surface area contributed by atoms with Gasteiger partial charge in [0.2, 0.25) is 11.6 Å². The Bertz CT molecular complexity index is 815. The molecular weight excluding hydrogens is 346 g/mol. The molecule has 2 rings (SSSR count). The summed E-state index contributed by atoms with van der Waals surface area (Å²) in [6, 6.07) is 3.97. The Kier molecular flexibility index (Phi) is 6.68. The molecule has 1 aromatic heterocycles. The summed E-state index contributed by atoms with van der Waals surface area (Å²) in [6.07, 6.45) is 0.743. The van der Waals surface area contributed by atoms with Gasteiger partial charge in [0.1, 0.15) is 5.82 Å². The highest BCUT2D eigenvalue weighted by atomic mass is 16.6. The lowest BCUT2D eigenvalue weighted by Gasteiger charge is -2.18. The standard InChI is InChI=1S/C19H27N5O3/c1-7-15(10-27-6)22-18-17(24(25)26)19(21-14(5)20-18)23-16-12(3)8-11(2)9-13(16)4/h8-9,15H,7,10H2,1-6H3,(H2,20,21,22,23). The molecule has 1 atom stereocenters. The zero-order chi connectivity index (χ0) is 20.1. The van der Waals surface area contributed by atoms with Gasteiger partial charge in [0.05, 0.1) is 17.6 Å². The van der Waals surface area contributed by atoms with E-state index in [2.05, 4.69) is 20.6 Å². The fraction of sp³-hybridized carbons (Fsp3) is 0.474. The molecule has 0 fully saturated rings. The van der Waals surface area contributed by atoms with E-state index < -0.39 is 4.92 Å². The van der Waals surface area contributed by atoms with Crippen molar-refractivity contribution in [2.75, 3.05) is 24.4 Å². The third-order valence-corrected chi connectivity index (χ3v) is 4.30. The van der Waals surface area contributed by atoms with Gasteiger partial charge in [-0.25, -0.2) is 9.97 Å². The van der Waals surface area contributed by atoms with Gasteiger partial charge in [0.25, 0.3) is 0 Å². The summed E-state index contributed by atoms with van der Waals surface area (Å²) in [5, 5.41) is 18.1. The number of methoxy groups -OCH3 is 1. The fourth-order valence-corrected chi connectivity index (χ4v) is 3.08. The van der Waals surface area contributed by atoms with E-state index in [0.29, 0.717) is 12.4 Å². The molecule has 0 bridgehead atoms. The summed E-state index contributed by atoms with van der Waals surface area (Å²) >= 11 is 0. The molecule has 0 aliphatic rings. The maximum atomic E-state index is 11.8. The smallest absolute Gasteiger partial charge is 0.353 e. The van der Waals surface area contributed by atoms with Crippen molar-refractivity contribution in [1.82, 2.24) is 9.97 Å². The van der Waals surface area contributed by atoms with Crippen LogP contribution in [0.1, 0.15) is 35.9 Å². The van der Waals surface area contributed by atoms with Gasteiger partial charge >= 0.3 is 5.69 Å². The SMILES string of the molecule is CCC(COC)Nc1nc(C)nc(Nc2c(C)cc(C)cc2C)c1[N+](=O)[O-]. The second kappa shape index (κ2) is 8.77. The number of benzene rings is 1. The molecular formula is C19H27N5O3. The molecule has 8 heteroatoms. The van der Waals surface area contributed by atoms with Gasteiger partial charge in [-0.1, -0.05) is 24.6 Å². The van der Waals surface area contributed by atoms with Gasteiger partial charge in [0, 0.05) is 12.8 Å². The summed E-state index contributed by atoms with van der Waals surface area (Å²) in [5.74, 6) is 0.818. The molecule has 146 valence electrons. The number of aromatic nitrogens is 2. The monoisotopic (exact) mass is 373 g/mol. The second-order valence-corrected chi connectivity index (χ2v) is 6.68. The number of rotatable bonds is 8. The number of ether oxygens (including phenoxy) is 1. The first-order valence-electron chi connectivity index (χ1n) is 8.90. The quantitative estimate of drug-likeness (QED) is 0.528. The molecule has 0 amide bonds. The van der Waals surface area contributed by atoms with Gasteiger partial charge in [-0.3, -0.25) is 10.1 Å². The number of nitrogens with one attached hydrogen (secondary N) is 2. The summed E-state index contributed by atoms with van der Waals surface area (Å²) in [7, 11) is 1.60. The Morgan fingerprint density at radius 3 is 2.26 bits per heavy atom. The minimum atomic E-state index is -0.456. The highest BCUT2D eigenvalue weighted by Gasteiger charge is 2.26. The zero-order valence-electron chi connectivity index (χ0n) is 16.7. The van der Waals surface area contributed by atoms with E-state index in [9.17, 15) is 10.1 Å². The van der Waals surface area contributed by atoms with Crippen LogP contribution in [0.15, 0.2) is 12.1 Å². The third-order valence-electron chi connectivity index (χ3n) is 4.30. The van der Waals surface area contributed by atoms with Gasteiger partial charge in [-0.2, -0.15) is 0 Å². The average molecular weight is 373 g/mol. The topological polar surface area (TPSA) is 102 Å². The maximum Gasteiger partial charge on any atom is 0.353 e. The van der Waals surface area contributed by atoms with Crippen LogP contribution in [-0.2, 0) is 4.74 Å². The van der Waals surface area contributed by atoms with Crippen LogP contribution >= 0.6 is 0 Å². The van der Waals surface area contributed by atoms with Gasteiger partial charge < -0.3 is 15.4 Å². The van der Waals surface area contributed by atoms with Crippen molar-refractivity contribution < 1.29 is 9.66 Å². The Morgan fingerprint density at radius 1 is 1.15 bits per heavy atom. The van der Waals surface area contributed by atoms with Crippen molar-refractivity contribution >= 4 is 23.0 Å². The molecule has 0 aliphatic carbocycles. The molecule has 0 saturated heterocycles. The molecule has 0 saturated carbocycles. The van der Waals surface area contributed by atoms with Crippen molar-refractivity contribution in [3.63, 3.8) is 0 Å². The first-order valence-corrected chi connectivity index (χ1v) is 8.90. The van der Waals surface area contributed by atoms with Crippen LogP contribution in [-0.4, -0.2) is 34.6 Å². The molecule has 2 aromatic rings. The lowest BCUT2D eigenvalue weighted by atomic mass is 10.1. The molecule has 0 aliphatic heterocycles. The minimum absolute atomic E-state index is 0.0845. The molecule has 2 N–H and O–H groups in total. The first kappa shape index (κ1) is 20.6. The van der Waals surface area contributed by atoms with Crippen LogP contribution in [0.5, 0.6) is 0 Å². The van der Waals surface area contributed by atoms with Gasteiger partial charge in [0.15, 0.2) is 0 Å². The molecule has 0 spiro atoms. The Hall–Kier alpha value is -2.74. The predicted molar refractivity (Wildman–Crippen MR) is 107 cm³/mol. The van der Waals surface area contributed by atoms with Crippen LogP contribution < -0.4 is 10.6 Å². The fourth-order valence-electron chi connectivity index (χ4n) is 3.08.